The molecular weight excluding hydrogens is 228 g/mol. The van der Waals surface area contributed by atoms with Gasteiger partial charge < -0.3 is 14.6 Å². The Kier molecular flexibility index (Phi) is 5.49. The quantitative estimate of drug-likeness (QED) is 0.756. The van der Waals surface area contributed by atoms with E-state index in [2.05, 4.69) is 0 Å². The molecule has 0 aromatic heterocycles. The van der Waals surface area contributed by atoms with Crippen molar-refractivity contribution in [3.05, 3.63) is 30.3 Å². The van der Waals surface area contributed by atoms with E-state index in [0.29, 0.717) is 19.1 Å². The normalized spacial score (nSPS) is 23.2. The molecular formula is C15H22O3. The van der Waals surface area contributed by atoms with E-state index in [1.807, 2.05) is 30.3 Å². The number of para-hydroxylation sites is 1. The summed E-state index contributed by atoms with van der Waals surface area (Å²) in [6.07, 6.45) is 4.12. The molecule has 0 heterocycles. The molecule has 2 rings (SSSR count). The molecule has 100 valence electrons. The number of aliphatic hydroxyl groups excluding tert-OH is 1. The highest BCUT2D eigenvalue weighted by Crippen LogP contribution is 2.27. The first-order valence-corrected chi connectivity index (χ1v) is 6.80. The highest BCUT2D eigenvalue weighted by Gasteiger charge is 2.24. The summed E-state index contributed by atoms with van der Waals surface area (Å²) in [6, 6.07) is 9.76. The second-order valence-corrected chi connectivity index (χ2v) is 4.82. The fourth-order valence-electron chi connectivity index (χ4n) is 2.43. The topological polar surface area (TPSA) is 38.7 Å². The zero-order valence-electron chi connectivity index (χ0n) is 10.8. The van der Waals surface area contributed by atoms with Crippen LogP contribution in [0.2, 0.25) is 0 Å². The van der Waals surface area contributed by atoms with E-state index in [9.17, 15) is 5.11 Å². The Hall–Kier alpha value is -1.06. The van der Waals surface area contributed by atoms with Gasteiger partial charge in [0.2, 0.25) is 0 Å². The second-order valence-electron chi connectivity index (χ2n) is 4.82. The number of benzene rings is 1. The third kappa shape index (κ3) is 4.31. The molecule has 3 nitrogen and oxygen atoms in total. The fourth-order valence-corrected chi connectivity index (χ4v) is 2.43. The molecule has 18 heavy (non-hydrogen) atoms. The maximum atomic E-state index is 9.66. The SMILES string of the molecule is OC1CCCC1CCOCCOc1ccccc1. The van der Waals surface area contributed by atoms with E-state index in [0.717, 1.165) is 38.0 Å². The van der Waals surface area contributed by atoms with Gasteiger partial charge in [-0.05, 0) is 37.3 Å². The van der Waals surface area contributed by atoms with Crippen LogP contribution in [-0.4, -0.2) is 31.0 Å². The standard InChI is InChI=1S/C15H22O3/c16-15-8-4-5-13(15)9-10-17-11-12-18-14-6-2-1-3-7-14/h1-3,6-7,13,15-16H,4-5,8-12H2. The number of hydrogen-bond acceptors (Lipinski definition) is 3. The van der Waals surface area contributed by atoms with E-state index in [1.54, 1.807) is 0 Å². The van der Waals surface area contributed by atoms with Crippen molar-refractivity contribution in [1.82, 2.24) is 0 Å². The molecule has 1 saturated carbocycles. The van der Waals surface area contributed by atoms with E-state index in [4.69, 9.17) is 9.47 Å². The van der Waals surface area contributed by atoms with Crippen molar-refractivity contribution >= 4 is 0 Å². The van der Waals surface area contributed by atoms with Crippen LogP contribution in [0.3, 0.4) is 0 Å². The Morgan fingerprint density at radius 1 is 1.06 bits per heavy atom. The predicted octanol–water partition coefficient (Wildman–Crippen LogP) is 2.63. The molecule has 0 bridgehead atoms. The van der Waals surface area contributed by atoms with Gasteiger partial charge in [-0.15, -0.1) is 0 Å². The van der Waals surface area contributed by atoms with E-state index in [-0.39, 0.29) is 6.10 Å². The monoisotopic (exact) mass is 250 g/mol. The van der Waals surface area contributed by atoms with Gasteiger partial charge in [0.25, 0.3) is 0 Å². The van der Waals surface area contributed by atoms with Crippen LogP contribution in [0, 0.1) is 5.92 Å². The Bertz CT molecular complexity index is 326. The smallest absolute Gasteiger partial charge is 0.119 e. The third-order valence-electron chi connectivity index (χ3n) is 3.49. The lowest BCUT2D eigenvalue weighted by molar-refractivity contribution is 0.0667. The molecule has 2 unspecified atom stereocenters. The summed E-state index contributed by atoms with van der Waals surface area (Å²) < 4.78 is 11.1. The molecule has 2 atom stereocenters. The summed E-state index contributed by atoms with van der Waals surface area (Å²) in [5, 5.41) is 9.66. The van der Waals surface area contributed by atoms with Crippen LogP contribution in [0.4, 0.5) is 0 Å². The third-order valence-corrected chi connectivity index (χ3v) is 3.49. The minimum atomic E-state index is -0.103. The Morgan fingerprint density at radius 2 is 1.89 bits per heavy atom. The summed E-state index contributed by atoms with van der Waals surface area (Å²) in [5.41, 5.74) is 0. The van der Waals surface area contributed by atoms with Crippen LogP contribution < -0.4 is 4.74 Å². The molecule has 1 aromatic rings. The van der Waals surface area contributed by atoms with Crippen LogP contribution in [-0.2, 0) is 4.74 Å². The first-order chi connectivity index (χ1) is 8.86. The van der Waals surface area contributed by atoms with Crippen molar-refractivity contribution in [1.29, 1.82) is 0 Å². The lowest BCUT2D eigenvalue weighted by atomic mass is 10.0. The largest absolute Gasteiger partial charge is 0.491 e. The summed E-state index contributed by atoms with van der Waals surface area (Å²) in [6.45, 7) is 1.91. The van der Waals surface area contributed by atoms with Gasteiger partial charge in [-0.25, -0.2) is 0 Å². The van der Waals surface area contributed by atoms with Gasteiger partial charge >= 0.3 is 0 Å². The second kappa shape index (κ2) is 7.39. The van der Waals surface area contributed by atoms with Gasteiger partial charge in [0, 0.05) is 6.61 Å². The average molecular weight is 250 g/mol. The molecule has 1 fully saturated rings. The molecule has 0 radical (unpaired) electrons. The highest BCUT2D eigenvalue weighted by molar-refractivity contribution is 5.20. The molecule has 0 aliphatic heterocycles. The molecule has 1 aliphatic carbocycles. The fraction of sp³-hybridized carbons (Fsp3) is 0.600. The Morgan fingerprint density at radius 3 is 2.61 bits per heavy atom. The van der Waals surface area contributed by atoms with Crippen molar-refractivity contribution in [2.75, 3.05) is 19.8 Å². The lowest BCUT2D eigenvalue weighted by Crippen LogP contribution is -2.16. The zero-order valence-corrected chi connectivity index (χ0v) is 10.8. The van der Waals surface area contributed by atoms with Crippen molar-refractivity contribution in [3.8, 4) is 5.75 Å². The van der Waals surface area contributed by atoms with Crippen molar-refractivity contribution in [2.45, 2.75) is 31.8 Å². The Balaban J connectivity index is 1.49. The predicted molar refractivity (Wildman–Crippen MR) is 70.7 cm³/mol. The number of ether oxygens (including phenoxy) is 2. The van der Waals surface area contributed by atoms with E-state index in [1.165, 1.54) is 0 Å². The van der Waals surface area contributed by atoms with Crippen molar-refractivity contribution in [2.24, 2.45) is 5.92 Å². The molecule has 1 N–H and O–H groups in total. The number of aliphatic hydroxyl groups is 1. The van der Waals surface area contributed by atoms with E-state index >= 15 is 0 Å². The first-order valence-electron chi connectivity index (χ1n) is 6.80. The summed E-state index contributed by atoms with van der Waals surface area (Å²) >= 11 is 0. The van der Waals surface area contributed by atoms with Gasteiger partial charge in [0.1, 0.15) is 12.4 Å². The van der Waals surface area contributed by atoms with Crippen molar-refractivity contribution in [3.63, 3.8) is 0 Å². The van der Waals surface area contributed by atoms with E-state index < -0.39 is 0 Å². The average Bonchev–Trinajstić information content (AvgIpc) is 2.81. The molecule has 3 heteroatoms. The van der Waals surface area contributed by atoms with Crippen LogP contribution in [0.25, 0.3) is 0 Å². The number of rotatable bonds is 7. The minimum Gasteiger partial charge on any atom is -0.491 e. The zero-order chi connectivity index (χ0) is 12.6. The summed E-state index contributed by atoms with van der Waals surface area (Å²) in [5.74, 6) is 1.33. The highest BCUT2D eigenvalue weighted by atomic mass is 16.5. The van der Waals surface area contributed by atoms with Crippen LogP contribution in [0.5, 0.6) is 5.75 Å². The molecule has 0 amide bonds. The Labute approximate surface area is 109 Å². The van der Waals surface area contributed by atoms with Crippen LogP contribution >= 0.6 is 0 Å². The van der Waals surface area contributed by atoms with Gasteiger partial charge in [-0.2, -0.15) is 0 Å². The van der Waals surface area contributed by atoms with Crippen LogP contribution in [0.1, 0.15) is 25.7 Å². The maximum absolute atomic E-state index is 9.66. The maximum Gasteiger partial charge on any atom is 0.119 e. The van der Waals surface area contributed by atoms with Gasteiger partial charge in [0.05, 0.1) is 12.7 Å². The van der Waals surface area contributed by atoms with Crippen LogP contribution in [0.15, 0.2) is 30.3 Å². The summed E-state index contributed by atoms with van der Waals surface area (Å²) in [4.78, 5) is 0. The lowest BCUT2D eigenvalue weighted by Gasteiger charge is -2.14. The van der Waals surface area contributed by atoms with Gasteiger partial charge in [-0.3, -0.25) is 0 Å². The minimum absolute atomic E-state index is 0.103. The van der Waals surface area contributed by atoms with Crippen molar-refractivity contribution < 1.29 is 14.6 Å². The van der Waals surface area contributed by atoms with Gasteiger partial charge in [-0.1, -0.05) is 24.6 Å². The molecule has 1 aromatic carbocycles. The summed E-state index contributed by atoms with van der Waals surface area (Å²) in [7, 11) is 0. The molecule has 0 spiro atoms. The molecule has 0 saturated heterocycles. The van der Waals surface area contributed by atoms with Gasteiger partial charge in [0.15, 0.2) is 0 Å². The molecule has 1 aliphatic rings. The number of hydrogen-bond donors (Lipinski definition) is 1. The first kappa shape index (κ1) is 13.4.